The van der Waals surface area contributed by atoms with Gasteiger partial charge in [0.1, 0.15) is 11.6 Å². The number of carbonyl (C=O) groups is 1. The first kappa shape index (κ1) is 21.6. The molecule has 0 aliphatic heterocycles. The summed E-state index contributed by atoms with van der Waals surface area (Å²) < 4.78 is 53.2. The first-order valence-corrected chi connectivity index (χ1v) is 9.73. The van der Waals surface area contributed by atoms with E-state index in [0.717, 1.165) is 5.56 Å². The van der Waals surface area contributed by atoms with E-state index in [2.05, 4.69) is 20.4 Å². The molecule has 0 unspecified atom stereocenters. The second kappa shape index (κ2) is 9.57. The molecule has 3 aromatic rings. The van der Waals surface area contributed by atoms with Crippen molar-refractivity contribution < 1.29 is 27.1 Å². The summed E-state index contributed by atoms with van der Waals surface area (Å²) in [6, 6.07) is 11.3. The number of amides is 1. The van der Waals surface area contributed by atoms with Crippen LogP contribution in [0.5, 0.6) is 5.75 Å². The normalized spacial score (nSPS) is 11.2. The second-order valence-electron chi connectivity index (χ2n) is 6.24. The van der Waals surface area contributed by atoms with Crippen molar-refractivity contribution in [3.8, 4) is 5.75 Å². The minimum Gasteiger partial charge on any atom is -0.406 e. The van der Waals surface area contributed by atoms with Gasteiger partial charge in [-0.3, -0.25) is 4.79 Å². The molecule has 0 bridgehead atoms. The maximum Gasteiger partial charge on any atom is 0.573 e. The smallest absolute Gasteiger partial charge is 0.406 e. The van der Waals surface area contributed by atoms with Crippen molar-refractivity contribution in [2.45, 2.75) is 19.2 Å². The number of anilines is 2. The Hall–Kier alpha value is -3.14. The number of carbonyl (C=O) groups excluding carboxylic acids is 1. The highest BCUT2D eigenvalue weighted by Crippen LogP contribution is 2.26. The molecular weight excluding hydrogens is 422 g/mol. The van der Waals surface area contributed by atoms with Gasteiger partial charge in [-0.15, -0.1) is 24.5 Å². The van der Waals surface area contributed by atoms with Gasteiger partial charge in [0, 0.05) is 17.6 Å². The lowest BCUT2D eigenvalue weighted by molar-refractivity contribution is -0.274. The summed E-state index contributed by atoms with van der Waals surface area (Å²) in [5, 5.41) is 7.98. The summed E-state index contributed by atoms with van der Waals surface area (Å²) in [5.74, 6) is -0.811. The molecule has 0 fully saturated rings. The van der Waals surface area contributed by atoms with E-state index < -0.39 is 6.36 Å². The molecule has 1 aromatic heterocycles. The molecule has 0 saturated heterocycles. The van der Waals surface area contributed by atoms with Crippen LogP contribution in [0.2, 0.25) is 0 Å². The van der Waals surface area contributed by atoms with Gasteiger partial charge in [0.05, 0.1) is 12.1 Å². The molecule has 0 atom stereocenters. The highest BCUT2D eigenvalue weighted by molar-refractivity contribution is 7.13. The average Bonchev–Trinajstić information content (AvgIpc) is 3.10. The lowest BCUT2D eigenvalue weighted by atomic mass is 10.1. The Morgan fingerprint density at radius 3 is 2.43 bits per heavy atom. The molecule has 5 nitrogen and oxygen atoms in total. The van der Waals surface area contributed by atoms with Crippen molar-refractivity contribution in [1.29, 1.82) is 0 Å². The third-order valence-electron chi connectivity index (χ3n) is 3.88. The zero-order valence-corrected chi connectivity index (χ0v) is 16.3. The van der Waals surface area contributed by atoms with Crippen LogP contribution in [0, 0.1) is 5.82 Å². The van der Waals surface area contributed by atoms with Crippen LogP contribution in [0.25, 0.3) is 0 Å². The number of aromatic nitrogens is 1. The first-order valence-electron chi connectivity index (χ1n) is 8.85. The number of rotatable bonds is 8. The number of hydrogen-bond acceptors (Lipinski definition) is 5. The molecule has 1 heterocycles. The molecule has 1 amide bonds. The van der Waals surface area contributed by atoms with Crippen LogP contribution in [0.3, 0.4) is 0 Å². The third kappa shape index (κ3) is 7.03. The summed E-state index contributed by atoms with van der Waals surface area (Å²) in [7, 11) is 0. The summed E-state index contributed by atoms with van der Waals surface area (Å²) in [5.41, 5.74) is 2.02. The van der Waals surface area contributed by atoms with Gasteiger partial charge in [0.25, 0.3) is 0 Å². The van der Waals surface area contributed by atoms with E-state index in [1.165, 1.54) is 47.7 Å². The Kier molecular flexibility index (Phi) is 6.88. The molecule has 0 radical (unpaired) electrons. The maximum absolute atomic E-state index is 12.9. The highest BCUT2D eigenvalue weighted by Gasteiger charge is 2.30. The predicted molar refractivity (Wildman–Crippen MR) is 105 cm³/mol. The quantitative estimate of drug-likeness (QED) is 0.494. The lowest BCUT2D eigenvalue weighted by Gasteiger charge is -2.09. The van der Waals surface area contributed by atoms with E-state index in [1.54, 1.807) is 17.5 Å². The van der Waals surface area contributed by atoms with Gasteiger partial charge < -0.3 is 15.4 Å². The van der Waals surface area contributed by atoms with Crippen molar-refractivity contribution in [2.24, 2.45) is 0 Å². The Morgan fingerprint density at radius 2 is 1.77 bits per heavy atom. The largest absolute Gasteiger partial charge is 0.573 e. The molecular formula is C20H17F4N3O2S. The third-order valence-corrected chi connectivity index (χ3v) is 4.69. The second-order valence-corrected chi connectivity index (χ2v) is 7.10. The van der Waals surface area contributed by atoms with Crippen LogP contribution in [0.1, 0.15) is 11.3 Å². The van der Waals surface area contributed by atoms with E-state index in [0.29, 0.717) is 29.5 Å². The van der Waals surface area contributed by atoms with Gasteiger partial charge in [0.15, 0.2) is 5.13 Å². The van der Waals surface area contributed by atoms with Crippen LogP contribution in [-0.2, 0) is 17.6 Å². The Labute approximate surface area is 173 Å². The van der Waals surface area contributed by atoms with Crippen molar-refractivity contribution >= 4 is 28.1 Å². The maximum atomic E-state index is 12.9. The van der Waals surface area contributed by atoms with Gasteiger partial charge in [-0.1, -0.05) is 12.1 Å². The molecule has 158 valence electrons. The monoisotopic (exact) mass is 439 g/mol. The van der Waals surface area contributed by atoms with Crippen molar-refractivity contribution in [1.82, 2.24) is 10.3 Å². The Bertz CT molecular complexity index is 973. The lowest BCUT2D eigenvalue weighted by Crippen LogP contribution is -2.27. The molecule has 30 heavy (non-hydrogen) atoms. The summed E-state index contributed by atoms with van der Waals surface area (Å²) in [6.07, 6.45) is -4.05. The van der Waals surface area contributed by atoms with E-state index in [4.69, 9.17) is 0 Å². The molecule has 2 aromatic carbocycles. The molecule has 10 heteroatoms. The molecule has 0 aliphatic carbocycles. The summed E-state index contributed by atoms with van der Waals surface area (Å²) in [4.78, 5) is 16.3. The van der Waals surface area contributed by atoms with Crippen LogP contribution in [0.4, 0.5) is 28.4 Å². The number of halogens is 4. The van der Waals surface area contributed by atoms with Crippen molar-refractivity contribution in [3.05, 3.63) is 71.0 Å². The highest BCUT2D eigenvalue weighted by atomic mass is 32.1. The van der Waals surface area contributed by atoms with E-state index >= 15 is 0 Å². The van der Waals surface area contributed by atoms with Gasteiger partial charge in [-0.05, 0) is 48.4 Å². The molecule has 2 N–H and O–H groups in total. The average molecular weight is 439 g/mol. The summed E-state index contributed by atoms with van der Waals surface area (Å²) >= 11 is 1.27. The van der Waals surface area contributed by atoms with Gasteiger partial charge in [0.2, 0.25) is 5.91 Å². The van der Waals surface area contributed by atoms with Gasteiger partial charge in [-0.2, -0.15) is 0 Å². The first-order chi connectivity index (χ1) is 14.3. The summed E-state index contributed by atoms with van der Waals surface area (Å²) in [6.45, 7) is 0.423. The molecule has 3 rings (SSSR count). The SMILES string of the molecule is O=C(Cc1csc(Nc2ccc(OC(F)(F)F)cc2)n1)NCCc1ccc(F)cc1. The minimum absolute atomic E-state index is 0.0972. The van der Waals surface area contributed by atoms with Crippen LogP contribution < -0.4 is 15.4 Å². The fourth-order valence-corrected chi connectivity index (χ4v) is 3.26. The van der Waals surface area contributed by atoms with E-state index in [1.807, 2.05) is 0 Å². The zero-order valence-electron chi connectivity index (χ0n) is 15.5. The zero-order chi connectivity index (χ0) is 21.6. The van der Waals surface area contributed by atoms with Crippen molar-refractivity contribution in [3.63, 3.8) is 0 Å². The molecule has 0 saturated carbocycles. The Morgan fingerprint density at radius 1 is 1.07 bits per heavy atom. The topological polar surface area (TPSA) is 63.2 Å². The number of benzene rings is 2. The van der Waals surface area contributed by atoms with Crippen LogP contribution in [0.15, 0.2) is 53.9 Å². The standard InChI is InChI=1S/C20H17F4N3O2S/c21-14-3-1-13(2-4-14)9-10-25-18(28)11-16-12-30-19(27-16)26-15-5-7-17(8-6-15)29-20(22,23)24/h1-8,12H,9-11H2,(H,25,28)(H,26,27). The van der Waals surface area contributed by atoms with Crippen LogP contribution >= 0.6 is 11.3 Å². The number of nitrogens with one attached hydrogen (secondary N) is 2. The number of alkyl halides is 3. The minimum atomic E-state index is -4.74. The number of thiazole rings is 1. The van der Waals surface area contributed by atoms with E-state index in [9.17, 15) is 22.4 Å². The molecule has 0 spiro atoms. The number of ether oxygens (including phenoxy) is 1. The number of hydrogen-bond donors (Lipinski definition) is 2. The van der Waals surface area contributed by atoms with Crippen molar-refractivity contribution in [2.75, 3.05) is 11.9 Å². The molecule has 0 aliphatic rings. The Balaban J connectivity index is 1.45. The van der Waals surface area contributed by atoms with Gasteiger partial charge in [-0.25, -0.2) is 9.37 Å². The fourth-order valence-electron chi connectivity index (χ4n) is 2.53. The van der Waals surface area contributed by atoms with Crippen LogP contribution in [-0.4, -0.2) is 23.8 Å². The number of nitrogens with zero attached hydrogens (tertiary/aromatic N) is 1. The van der Waals surface area contributed by atoms with E-state index in [-0.39, 0.29) is 23.9 Å². The van der Waals surface area contributed by atoms with Gasteiger partial charge >= 0.3 is 6.36 Å². The fraction of sp³-hybridized carbons (Fsp3) is 0.200. The predicted octanol–water partition coefficient (Wildman–Crippen LogP) is 4.83.